The summed E-state index contributed by atoms with van der Waals surface area (Å²) >= 11 is 0. The van der Waals surface area contributed by atoms with E-state index >= 15 is 0 Å². The van der Waals surface area contributed by atoms with Crippen LogP contribution in [0.5, 0.6) is 11.5 Å². The molecule has 96 valence electrons. The standard InChI is InChI=1S/C13H16N2O3/c16-10-3-9(4-11(17)5-10)13(18)15-6-8-1-2-14-12(8)7-15/h3-5,8,12,14,16-17H,1-2,6-7H2/t8-,12+/m0/s1. The van der Waals surface area contributed by atoms with E-state index in [1.165, 1.54) is 18.2 Å². The van der Waals surface area contributed by atoms with E-state index in [9.17, 15) is 15.0 Å². The van der Waals surface area contributed by atoms with Crippen molar-refractivity contribution in [1.29, 1.82) is 0 Å². The first-order valence-corrected chi connectivity index (χ1v) is 6.19. The average molecular weight is 248 g/mol. The van der Waals surface area contributed by atoms with E-state index in [2.05, 4.69) is 5.32 Å². The van der Waals surface area contributed by atoms with Crippen LogP contribution in [0.3, 0.4) is 0 Å². The van der Waals surface area contributed by atoms with Gasteiger partial charge in [-0.3, -0.25) is 4.79 Å². The van der Waals surface area contributed by atoms with Crippen LogP contribution in [0.4, 0.5) is 0 Å². The van der Waals surface area contributed by atoms with Crippen molar-refractivity contribution >= 4 is 5.91 Å². The summed E-state index contributed by atoms with van der Waals surface area (Å²) in [4.78, 5) is 14.0. The molecule has 0 bridgehead atoms. The SMILES string of the molecule is O=C(c1cc(O)cc(O)c1)N1C[C@@H]2CCN[C@@H]2C1. The van der Waals surface area contributed by atoms with Gasteiger partial charge in [-0.15, -0.1) is 0 Å². The van der Waals surface area contributed by atoms with Crippen LogP contribution >= 0.6 is 0 Å². The predicted molar refractivity (Wildman–Crippen MR) is 65.6 cm³/mol. The predicted octanol–water partition coefficient (Wildman–Crippen LogP) is 0.532. The number of carbonyl (C=O) groups excluding carboxylic acids is 1. The molecule has 0 saturated carbocycles. The highest BCUT2D eigenvalue weighted by molar-refractivity contribution is 5.95. The van der Waals surface area contributed by atoms with Gasteiger partial charge in [-0.05, 0) is 31.0 Å². The number of hydrogen-bond acceptors (Lipinski definition) is 4. The van der Waals surface area contributed by atoms with Crippen molar-refractivity contribution in [2.24, 2.45) is 5.92 Å². The minimum atomic E-state index is -0.127. The highest BCUT2D eigenvalue weighted by Crippen LogP contribution is 2.27. The lowest BCUT2D eigenvalue weighted by atomic mass is 10.1. The first-order chi connectivity index (χ1) is 8.63. The molecule has 5 heteroatoms. The number of nitrogens with one attached hydrogen (secondary N) is 1. The van der Waals surface area contributed by atoms with Crippen molar-refractivity contribution in [3.63, 3.8) is 0 Å². The van der Waals surface area contributed by atoms with Gasteiger partial charge in [-0.25, -0.2) is 0 Å². The molecule has 2 saturated heterocycles. The van der Waals surface area contributed by atoms with Gasteiger partial charge in [-0.1, -0.05) is 0 Å². The Balaban J connectivity index is 1.78. The third-order valence-corrected chi connectivity index (χ3v) is 3.80. The zero-order chi connectivity index (χ0) is 12.7. The molecule has 0 radical (unpaired) electrons. The quantitative estimate of drug-likeness (QED) is 0.678. The van der Waals surface area contributed by atoms with Crippen molar-refractivity contribution < 1.29 is 15.0 Å². The molecule has 2 fully saturated rings. The summed E-state index contributed by atoms with van der Waals surface area (Å²) in [5.74, 6) is 0.240. The molecule has 0 unspecified atom stereocenters. The van der Waals surface area contributed by atoms with Crippen LogP contribution in [-0.2, 0) is 0 Å². The van der Waals surface area contributed by atoms with Crippen LogP contribution in [0.2, 0.25) is 0 Å². The van der Waals surface area contributed by atoms with Crippen molar-refractivity contribution in [3.05, 3.63) is 23.8 Å². The third kappa shape index (κ3) is 1.90. The molecular weight excluding hydrogens is 232 g/mol. The molecule has 2 aliphatic heterocycles. The van der Waals surface area contributed by atoms with E-state index in [0.29, 0.717) is 24.1 Å². The lowest BCUT2D eigenvalue weighted by molar-refractivity contribution is 0.0782. The van der Waals surface area contributed by atoms with Gasteiger partial charge in [0.15, 0.2) is 0 Å². The Morgan fingerprint density at radius 3 is 2.61 bits per heavy atom. The Morgan fingerprint density at radius 2 is 1.94 bits per heavy atom. The molecular formula is C13H16N2O3. The number of amides is 1. The summed E-state index contributed by atoms with van der Waals surface area (Å²) in [7, 11) is 0. The molecule has 2 atom stereocenters. The molecule has 0 aliphatic carbocycles. The third-order valence-electron chi connectivity index (χ3n) is 3.80. The molecule has 0 spiro atoms. The van der Waals surface area contributed by atoms with Gasteiger partial charge in [0.05, 0.1) is 0 Å². The second-order valence-electron chi connectivity index (χ2n) is 5.06. The Bertz CT molecular complexity index is 457. The summed E-state index contributed by atoms with van der Waals surface area (Å²) in [5, 5.41) is 22.2. The zero-order valence-corrected chi connectivity index (χ0v) is 9.97. The summed E-state index contributed by atoms with van der Waals surface area (Å²) in [6, 6.07) is 4.41. The molecule has 2 aliphatic rings. The molecule has 1 aromatic carbocycles. The van der Waals surface area contributed by atoms with Gasteiger partial charge in [0, 0.05) is 30.8 Å². The van der Waals surface area contributed by atoms with Crippen molar-refractivity contribution in [2.75, 3.05) is 19.6 Å². The number of fused-ring (bicyclic) bond motifs is 1. The normalized spacial score (nSPS) is 26.3. The van der Waals surface area contributed by atoms with E-state index in [0.717, 1.165) is 19.5 Å². The summed E-state index contributed by atoms with van der Waals surface area (Å²) in [5.41, 5.74) is 0.340. The molecule has 1 amide bonds. The maximum Gasteiger partial charge on any atom is 0.254 e. The van der Waals surface area contributed by atoms with Gasteiger partial charge < -0.3 is 20.4 Å². The fraction of sp³-hybridized carbons (Fsp3) is 0.462. The van der Waals surface area contributed by atoms with Crippen LogP contribution in [0.15, 0.2) is 18.2 Å². The van der Waals surface area contributed by atoms with Gasteiger partial charge in [-0.2, -0.15) is 0 Å². The Kier molecular flexibility index (Phi) is 2.63. The second-order valence-corrected chi connectivity index (χ2v) is 5.06. The number of carbonyl (C=O) groups is 1. The molecule has 5 nitrogen and oxygen atoms in total. The van der Waals surface area contributed by atoms with Gasteiger partial charge >= 0.3 is 0 Å². The van der Waals surface area contributed by atoms with E-state index in [1.54, 1.807) is 4.90 Å². The van der Waals surface area contributed by atoms with E-state index in [-0.39, 0.29) is 17.4 Å². The molecule has 2 heterocycles. The highest BCUT2D eigenvalue weighted by atomic mass is 16.3. The molecule has 18 heavy (non-hydrogen) atoms. The van der Waals surface area contributed by atoms with E-state index < -0.39 is 0 Å². The fourth-order valence-electron chi connectivity index (χ4n) is 2.92. The van der Waals surface area contributed by atoms with E-state index in [1.807, 2.05) is 0 Å². The van der Waals surface area contributed by atoms with Crippen molar-refractivity contribution in [3.8, 4) is 11.5 Å². The Morgan fingerprint density at radius 1 is 1.22 bits per heavy atom. The van der Waals surface area contributed by atoms with Gasteiger partial charge in [0.1, 0.15) is 11.5 Å². The minimum Gasteiger partial charge on any atom is -0.508 e. The highest BCUT2D eigenvalue weighted by Gasteiger charge is 2.38. The number of rotatable bonds is 1. The lowest BCUT2D eigenvalue weighted by Crippen LogP contribution is -2.33. The number of hydrogen-bond donors (Lipinski definition) is 3. The zero-order valence-electron chi connectivity index (χ0n) is 9.97. The van der Waals surface area contributed by atoms with Gasteiger partial charge in [0.25, 0.3) is 5.91 Å². The average Bonchev–Trinajstić information content (AvgIpc) is 2.86. The smallest absolute Gasteiger partial charge is 0.254 e. The minimum absolute atomic E-state index is 0.0872. The number of benzene rings is 1. The summed E-state index contributed by atoms with van der Waals surface area (Å²) in [6.45, 7) is 2.50. The van der Waals surface area contributed by atoms with Crippen LogP contribution in [0.25, 0.3) is 0 Å². The fourth-order valence-corrected chi connectivity index (χ4v) is 2.92. The summed E-state index contributed by atoms with van der Waals surface area (Å²) < 4.78 is 0. The second kappa shape index (κ2) is 4.17. The van der Waals surface area contributed by atoms with Crippen LogP contribution < -0.4 is 5.32 Å². The Labute approximate surface area is 105 Å². The number of likely N-dealkylation sites (tertiary alicyclic amines) is 1. The maximum absolute atomic E-state index is 12.3. The number of phenols is 2. The topological polar surface area (TPSA) is 72.8 Å². The van der Waals surface area contributed by atoms with E-state index in [4.69, 9.17) is 0 Å². The first-order valence-electron chi connectivity index (χ1n) is 6.19. The molecule has 3 rings (SSSR count). The number of aromatic hydroxyl groups is 2. The number of nitrogens with zero attached hydrogens (tertiary/aromatic N) is 1. The molecule has 0 aromatic heterocycles. The van der Waals surface area contributed by atoms with Gasteiger partial charge in [0.2, 0.25) is 0 Å². The summed E-state index contributed by atoms with van der Waals surface area (Å²) in [6.07, 6.45) is 1.11. The number of phenolic OH excluding ortho intramolecular Hbond substituents is 2. The Hall–Kier alpha value is -1.75. The monoisotopic (exact) mass is 248 g/mol. The first kappa shape index (κ1) is 11.3. The largest absolute Gasteiger partial charge is 0.508 e. The van der Waals surface area contributed by atoms with Crippen LogP contribution in [0, 0.1) is 5.92 Å². The maximum atomic E-state index is 12.3. The van der Waals surface area contributed by atoms with Crippen LogP contribution in [-0.4, -0.2) is 46.7 Å². The van der Waals surface area contributed by atoms with Crippen molar-refractivity contribution in [2.45, 2.75) is 12.5 Å². The lowest BCUT2D eigenvalue weighted by Gasteiger charge is -2.17. The molecule has 1 aromatic rings. The molecule has 3 N–H and O–H groups in total. The van der Waals surface area contributed by atoms with Crippen molar-refractivity contribution in [1.82, 2.24) is 10.2 Å². The van der Waals surface area contributed by atoms with Crippen LogP contribution in [0.1, 0.15) is 16.8 Å².